The van der Waals surface area contributed by atoms with Gasteiger partial charge in [-0.1, -0.05) is 39.3 Å². The van der Waals surface area contributed by atoms with Crippen LogP contribution >= 0.6 is 11.6 Å². The lowest BCUT2D eigenvalue weighted by molar-refractivity contribution is -0.384. The van der Waals surface area contributed by atoms with E-state index in [1.54, 1.807) is 6.07 Å². The molecule has 1 N–H and O–H groups in total. The quantitative estimate of drug-likeness (QED) is 0.561. The molecule has 0 saturated heterocycles. The lowest BCUT2D eigenvalue weighted by atomic mass is 9.95. The van der Waals surface area contributed by atoms with Gasteiger partial charge in [-0.05, 0) is 30.7 Å². The zero-order valence-corrected chi connectivity index (χ0v) is 13.3. The number of hydrogen-bond acceptors (Lipinski definition) is 3. The fourth-order valence-electron chi connectivity index (χ4n) is 2.31. The van der Waals surface area contributed by atoms with Crippen molar-refractivity contribution in [3.8, 4) is 0 Å². The highest BCUT2D eigenvalue weighted by molar-refractivity contribution is 6.33. The molecule has 0 heterocycles. The first-order chi connectivity index (χ1) is 9.29. The molecule has 0 radical (unpaired) electrons. The summed E-state index contributed by atoms with van der Waals surface area (Å²) >= 11 is 6.13. The van der Waals surface area contributed by atoms with Crippen molar-refractivity contribution in [2.24, 2.45) is 11.8 Å². The third kappa shape index (κ3) is 5.37. The Hall–Kier alpha value is -1.29. The van der Waals surface area contributed by atoms with Crippen LogP contribution in [0.1, 0.15) is 40.5 Å². The number of nitro groups is 1. The first kappa shape index (κ1) is 16.8. The van der Waals surface area contributed by atoms with Crippen molar-refractivity contribution in [1.82, 2.24) is 0 Å². The van der Waals surface area contributed by atoms with Gasteiger partial charge in [0, 0.05) is 18.2 Å². The zero-order valence-electron chi connectivity index (χ0n) is 12.5. The largest absolute Gasteiger partial charge is 0.381 e. The van der Waals surface area contributed by atoms with Crippen LogP contribution < -0.4 is 5.32 Å². The number of non-ortho nitro benzene ring substituents is 1. The van der Waals surface area contributed by atoms with Crippen molar-refractivity contribution >= 4 is 23.0 Å². The number of nitrogens with zero attached hydrogens (tertiary/aromatic N) is 1. The van der Waals surface area contributed by atoms with Crippen molar-refractivity contribution in [3.63, 3.8) is 0 Å². The molecule has 0 aliphatic carbocycles. The van der Waals surface area contributed by atoms with E-state index < -0.39 is 4.92 Å². The summed E-state index contributed by atoms with van der Waals surface area (Å²) in [6.45, 7) is 8.68. The molecule has 0 atom stereocenters. The van der Waals surface area contributed by atoms with Crippen molar-refractivity contribution in [1.29, 1.82) is 0 Å². The van der Waals surface area contributed by atoms with Crippen LogP contribution in [-0.2, 0) is 0 Å². The van der Waals surface area contributed by atoms with Crippen LogP contribution in [0.3, 0.4) is 0 Å². The third-order valence-corrected chi connectivity index (χ3v) is 3.36. The minimum Gasteiger partial charge on any atom is -0.381 e. The van der Waals surface area contributed by atoms with Crippen LogP contribution in [0.4, 0.5) is 11.4 Å². The molecule has 0 bridgehead atoms. The molecule has 20 heavy (non-hydrogen) atoms. The van der Waals surface area contributed by atoms with Crippen LogP contribution in [0, 0.1) is 22.0 Å². The average molecular weight is 299 g/mol. The fraction of sp³-hybridized carbons (Fsp3) is 0.600. The standard InChI is InChI=1S/C15H23ClN2O2/c1-10(2)7-12(8-11(3)4)17-15-9-13(18(19)20)5-6-14(15)16/h5-6,9-12,17H,7-8H2,1-4H3. The molecule has 1 rings (SSSR count). The summed E-state index contributed by atoms with van der Waals surface area (Å²) in [5, 5.41) is 14.7. The maximum Gasteiger partial charge on any atom is 0.271 e. The summed E-state index contributed by atoms with van der Waals surface area (Å²) < 4.78 is 0. The Balaban J connectivity index is 2.91. The lowest BCUT2D eigenvalue weighted by Gasteiger charge is -2.24. The number of nitrogens with one attached hydrogen (secondary N) is 1. The predicted molar refractivity (Wildman–Crippen MR) is 84.4 cm³/mol. The molecular formula is C15H23ClN2O2. The molecule has 0 unspecified atom stereocenters. The lowest BCUT2D eigenvalue weighted by Crippen LogP contribution is -2.23. The first-order valence-electron chi connectivity index (χ1n) is 7.00. The molecule has 1 aromatic carbocycles. The molecule has 0 aromatic heterocycles. The van der Waals surface area contributed by atoms with Gasteiger partial charge >= 0.3 is 0 Å². The van der Waals surface area contributed by atoms with Gasteiger partial charge in [0.25, 0.3) is 5.69 Å². The van der Waals surface area contributed by atoms with E-state index >= 15 is 0 Å². The number of anilines is 1. The highest BCUT2D eigenvalue weighted by atomic mass is 35.5. The molecule has 4 nitrogen and oxygen atoms in total. The zero-order chi connectivity index (χ0) is 15.3. The van der Waals surface area contributed by atoms with Gasteiger partial charge in [0.05, 0.1) is 15.6 Å². The van der Waals surface area contributed by atoms with Crippen molar-refractivity contribution in [3.05, 3.63) is 33.3 Å². The Morgan fingerprint density at radius 1 is 1.20 bits per heavy atom. The Labute approximate surface area is 125 Å². The fourth-order valence-corrected chi connectivity index (χ4v) is 2.48. The van der Waals surface area contributed by atoms with E-state index in [1.165, 1.54) is 12.1 Å². The second-order valence-corrected chi connectivity index (χ2v) is 6.43. The second-order valence-electron chi connectivity index (χ2n) is 6.02. The van der Waals surface area contributed by atoms with E-state index in [0.717, 1.165) is 12.8 Å². The molecular weight excluding hydrogens is 276 g/mol. The second kappa shape index (κ2) is 7.48. The van der Waals surface area contributed by atoms with Crippen LogP contribution in [0.15, 0.2) is 18.2 Å². The van der Waals surface area contributed by atoms with Crippen LogP contribution in [-0.4, -0.2) is 11.0 Å². The normalized spacial score (nSPS) is 11.4. The van der Waals surface area contributed by atoms with Crippen LogP contribution in [0.5, 0.6) is 0 Å². The number of benzene rings is 1. The highest BCUT2D eigenvalue weighted by Gasteiger charge is 2.16. The Morgan fingerprint density at radius 3 is 2.20 bits per heavy atom. The van der Waals surface area contributed by atoms with Gasteiger partial charge in [-0.25, -0.2) is 0 Å². The molecule has 1 aromatic rings. The van der Waals surface area contributed by atoms with Gasteiger partial charge in [-0.2, -0.15) is 0 Å². The summed E-state index contributed by atoms with van der Waals surface area (Å²) in [6, 6.07) is 4.78. The van der Waals surface area contributed by atoms with Gasteiger partial charge in [-0.3, -0.25) is 10.1 Å². The van der Waals surface area contributed by atoms with Gasteiger partial charge in [-0.15, -0.1) is 0 Å². The first-order valence-corrected chi connectivity index (χ1v) is 7.37. The molecule has 0 saturated carbocycles. The Kier molecular flexibility index (Phi) is 6.27. The van der Waals surface area contributed by atoms with E-state index in [9.17, 15) is 10.1 Å². The maximum atomic E-state index is 10.8. The summed E-state index contributed by atoms with van der Waals surface area (Å²) in [5.41, 5.74) is 0.705. The number of rotatable bonds is 7. The van der Waals surface area contributed by atoms with Crippen LogP contribution in [0.2, 0.25) is 5.02 Å². The molecule has 5 heteroatoms. The van der Waals surface area contributed by atoms with E-state index in [0.29, 0.717) is 22.5 Å². The summed E-state index contributed by atoms with van der Waals surface area (Å²) in [7, 11) is 0. The van der Waals surface area contributed by atoms with Gasteiger partial charge < -0.3 is 5.32 Å². The number of halogens is 1. The molecule has 0 aliphatic heterocycles. The van der Waals surface area contributed by atoms with Crippen LogP contribution in [0.25, 0.3) is 0 Å². The molecule has 0 aliphatic rings. The summed E-state index contributed by atoms with van der Waals surface area (Å²) in [6.07, 6.45) is 2.02. The van der Waals surface area contributed by atoms with Crippen molar-refractivity contribution in [2.45, 2.75) is 46.6 Å². The molecule has 0 amide bonds. The van der Waals surface area contributed by atoms with Crippen molar-refractivity contribution < 1.29 is 4.92 Å². The minimum absolute atomic E-state index is 0.0599. The molecule has 0 spiro atoms. The monoisotopic (exact) mass is 298 g/mol. The van der Waals surface area contributed by atoms with E-state index in [4.69, 9.17) is 11.6 Å². The number of hydrogen-bond donors (Lipinski definition) is 1. The van der Waals surface area contributed by atoms with Gasteiger partial charge in [0.1, 0.15) is 0 Å². The van der Waals surface area contributed by atoms with Gasteiger partial charge in [0.2, 0.25) is 0 Å². The Morgan fingerprint density at radius 2 is 1.75 bits per heavy atom. The minimum atomic E-state index is -0.401. The van der Waals surface area contributed by atoms with E-state index in [2.05, 4.69) is 33.0 Å². The molecule has 0 fully saturated rings. The predicted octanol–water partition coefficient (Wildman–Crippen LogP) is 5.12. The van der Waals surface area contributed by atoms with Gasteiger partial charge in [0.15, 0.2) is 0 Å². The molecule has 112 valence electrons. The summed E-state index contributed by atoms with van der Waals surface area (Å²) in [5.74, 6) is 1.12. The number of nitro benzene ring substituents is 1. The highest BCUT2D eigenvalue weighted by Crippen LogP contribution is 2.29. The van der Waals surface area contributed by atoms with E-state index in [-0.39, 0.29) is 11.7 Å². The average Bonchev–Trinajstić information content (AvgIpc) is 2.29. The van der Waals surface area contributed by atoms with Crippen molar-refractivity contribution in [2.75, 3.05) is 5.32 Å². The van der Waals surface area contributed by atoms with E-state index in [1.807, 2.05) is 0 Å². The summed E-state index contributed by atoms with van der Waals surface area (Å²) in [4.78, 5) is 10.4. The SMILES string of the molecule is CC(C)CC(CC(C)C)Nc1cc([N+](=O)[O-])ccc1Cl. The maximum absolute atomic E-state index is 10.8. The Bertz CT molecular complexity index is 451. The third-order valence-electron chi connectivity index (χ3n) is 3.03. The topological polar surface area (TPSA) is 55.2 Å². The smallest absolute Gasteiger partial charge is 0.271 e.